The molecule has 0 aliphatic carbocycles. The molecule has 0 aromatic carbocycles. The topological polar surface area (TPSA) is 124 Å². The van der Waals surface area contributed by atoms with Gasteiger partial charge in [0.2, 0.25) is 0 Å². The van der Waals surface area contributed by atoms with Gasteiger partial charge in [0.25, 0.3) is 0 Å². The summed E-state index contributed by atoms with van der Waals surface area (Å²) in [4.78, 5) is 9.77. The normalized spacial score (nSPS) is 43.6. The van der Waals surface area contributed by atoms with E-state index in [0.29, 0.717) is 0 Å². The van der Waals surface area contributed by atoms with E-state index in [1.807, 2.05) is 0 Å². The highest BCUT2D eigenvalue weighted by Crippen LogP contribution is 2.47. The van der Waals surface area contributed by atoms with Gasteiger partial charge in [-0.1, -0.05) is 0 Å². The number of aliphatic hydroxyl groups excluding tert-OH is 2. The fourth-order valence-electron chi connectivity index (χ4n) is 2.45. The Morgan fingerprint density at radius 1 is 1.17 bits per heavy atom. The molecule has 2 aliphatic heterocycles. The lowest BCUT2D eigenvalue weighted by molar-refractivity contribution is -0.0322. The number of hydrogen-bond acceptors (Lipinski definition) is 8. The minimum Gasteiger partial charge on any atom is -0.388 e. The zero-order valence-electron chi connectivity index (χ0n) is 12.6. The van der Waals surface area contributed by atoms with Crippen LogP contribution in [0.15, 0.2) is 0 Å². The first-order chi connectivity index (χ1) is 10.7. The van der Waals surface area contributed by atoms with Gasteiger partial charge in [-0.2, -0.15) is 0 Å². The third-order valence-corrected chi connectivity index (χ3v) is 4.64. The standard InChI is InChI=1S/C11H19B2O9P/c1-18-3-6-5(2-8(12)20-6)22-23(16,17)19-4-7-9(14)10(15)11(13)21-7/h5-11,14-15H,2-4H2,1H3,(H,16,17)/t5?,6-,7+,8-,9?,10?,11+/m1/s1. The van der Waals surface area contributed by atoms with Gasteiger partial charge in [-0.3, -0.25) is 9.05 Å². The van der Waals surface area contributed by atoms with Gasteiger partial charge in [0, 0.05) is 19.1 Å². The SMILES string of the molecule is [B][C@H]1CC(OP(=O)(O)OC[C@@H]2O[C@H]([B])C(O)C2O)[C@@H](COC)O1. The lowest BCUT2D eigenvalue weighted by atomic mass is 9.93. The average molecular weight is 348 g/mol. The maximum atomic E-state index is 12.0. The number of rotatable bonds is 7. The largest absolute Gasteiger partial charge is 0.472 e. The van der Waals surface area contributed by atoms with Crippen LogP contribution in [0.1, 0.15) is 6.42 Å². The predicted molar refractivity (Wildman–Crippen MR) is 78.0 cm³/mol. The molecule has 3 N–H and O–H groups in total. The van der Waals surface area contributed by atoms with Gasteiger partial charge in [0.15, 0.2) is 0 Å². The van der Waals surface area contributed by atoms with Crippen LogP contribution in [-0.4, -0.2) is 93.6 Å². The smallest absolute Gasteiger partial charge is 0.388 e. The van der Waals surface area contributed by atoms with Crippen molar-refractivity contribution < 1.29 is 42.9 Å². The second kappa shape index (κ2) is 7.95. The van der Waals surface area contributed by atoms with Crippen molar-refractivity contribution in [3.63, 3.8) is 0 Å². The Labute approximate surface area is 136 Å². The monoisotopic (exact) mass is 348 g/mol. The lowest BCUT2D eigenvalue weighted by Gasteiger charge is -2.22. The molecule has 2 aliphatic rings. The molecule has 0 amide bonds. The Morgan fingerprint density at radius 3 is 2.43 bits per heavy atom. The van der Waals surface area contributed by atoms with Crippen LogP contribution < -0.4 is 0 Å². The Kier molecular flexibility index (Phi) is 6.69. The van der Waals surface area contributed by atoms with Crippen LogP contribution in [-0.2, 0) is 27.8 Å². The van der Waals surface area contributed by atoms with Crippen LogP contribution in [0.3, 0.4) is 0 Å². The van der Waals surface area contributed by atoms with Crippen molar-refractivity contribution in [2.45, 2.75) is 48.9 Å². The summed E-state index contributed by atoms with van der Waals surface area (Å²) in [6.07, 6.45) is -4.83. The van der Waals surface area contributed by atoms with E-state index in [9.17, 15) is 19.7 Å². The number of phosphoric acid groups is 1. The summed E-state index contributed by atoms with van der Waals surface area (Å²) in [5, 5.41) is 19.1. The molecule has 0 aromatic rings. The number of hydrogen-bond donors (Lipinski definition) is 3. The number of ether oxygens (including phenoxy) is 3. The molecule has 4 radical (unpaired) electrons. The van der Waals surface area contributed by atoms with Gasteiger partial charge in [-0.25, -0.2) is 4.57 Å². The molecule has 0 aromatic heterocycles. The van der Waals surface area contributed by atoms with E-state index in [-0.39, 0.29) is 13.0 Å². The Hall–Kier alpha value is 0.0399. The first kappa shape index (κ1) is 19.4. The van der Waals surface area contributed by atoms with Gasteiger partial charge in [0.05, 0.1) is 25.4 Å². The van der Waals surface area contributed by atoms with Crippen molar-refractivity contribution in [3.05, 3.63) is 0 Å². The van der Waals surface area contributed by atoms with Crippen molar-refractivity contribution in [3.8, 4) is 0 Å². The maximum absolute atomic E-state index is 12.0. The molecule has 2 saturated heterocycles. The second-order valence-corrected chi connectivity index (χ2v) is 6.84. The summed E-state index contributed by atoms with van der Waals surface area (Å²) in [6.45, 7) is -0.335. The third kappa shape index (κ3) is 5.01. The van der Waals surface area contributed by atoms with Crippen molar-refractivity contribution in [2.75, 3.05) is 20.3 Å². The molecule has 23 heavy (non-hydrogen) atoms. The Balaban J connectivity index is 1.86. The average Bonchev–Trinajstić information content (AvgIpc) is 2.91. The Bertz CT molecular complexity index is 442. The van der Waals surface area contributed by atoms with E-state index in [1.165, 1.54) is 7.11 Å². The van der Waals surface area contributed by atoms with Crippen LogP contribution in [0.4, 0.5) is 0 Å². The lowest BCUT2D eigenvalue weighted by Crippen LogP contribution is -2.34. The minimum absolute atomic E-state index is 0.143. The molecular formula is C11H19B2O9P. The van der Waals surface area contributed by atoms with E-state index >= 15 is 0 Å². The summed E-state index contributed by atoms with van der Waals surface area (Å²) in [5.41, 5.74) is 0. The van der Waals surface area contributed by atoms with Crippen LogP contribution in [0.2, 0.25) is 0 Å². The molecule has 9 nitrogen and oxygen atoms in total. The first-order valence-electron chi connectivity index (χ1n) is 7.06. The Morgan fingerprint density at radius 2 is 1.87 bits per heavy atom. The number of methoxy groups -OCH3 is 1. The van der Waals surface area contributed by atoms with Crippen LogP contribution in [0, 0.1) is 0 Å². The molecule has 2 heterocycles. The minimum atomic E-state index is -4.45. The molecule has 0 saturated carbocycles. The molecule has 12 heteroatoms. The van der Waals surface area contributed by atoms with E-state index < -0.39 is 57.0 Å². The maximum Gasteiger partial charge on any atom is 0.472 e. The highest BCUT2D eigenvalue weighted by molar-refractivity contribution is 7.47. The molecule has 2 fully saturated rings. The van der Waals surface area contributed by atoms with Crippen LogP contribution in [0.25, 0.3) is 0 Å². The van der Waals surface area contributed by atoms with Crippen LogP contribution >= 0.6 is 7.82 Å². The number of aliphatic hydroxyl groups is 2. The van der Waals surface area contributed by atoms with Crippen LogP contribution in [0.5, 0.6) is 0 Å². The second-order valence-electron chi connectivity index (χ2n) is 5.43. The summed E-state index contributed by atoms with van der Waals surface area (Å²) >= 11 is 0. The van der Waals surface area contributed by atoms with Crippen molar-refractivity contribution >= 4 is 23.5 Å². The summed E-state index contributed by atoms with van der Waals surface area (Å²) in [6, 6.07) is -1.72. The summed E-state index contributed by atoms with van der Waals surface area (Å²) in [7, 11) is 8.02. The van der Waals surface area contributed by atoms with Gasteiger partial charge in [0.1, 0.15) is 34.0 Å². The molecule has 4 unspecified atom stereocenters. The van der Waals surface area contributed by atoms with E-state index in [4.69, 9.17) is 39.0 Å². The first-order valence-corrected chi connectivity index (χ1v) is 8.56. The van der Waals surface area contributed by atoms with Gasteiger partial charge < -0.3 is 29.3 Å². The van der Waals surface area contributed by atoms with Gasteiger partial charge >= 0.3 is 7.82 Å². The molecular weight excluding hydrogens is 329 g/mol. The van der Waals surface area contributed by atoms with Crippen molar-refractivity contribution in [2.24, 2.45) is 0 Å². The number of phosphoric ester groups is 1. The quantitative estimate of drug-likeness (QED) is 0.355. The fourth-order valence-corrected chi connectivity index (χ4v) is 3.41. The zero-order valence-corrected chi connectivity index (χ0v) is 13.5. The molecule has 8 atom stereocenters. The van der Waals surface area contributed by atoms with Crippen molar-refractivity contribution in [1.82, 2.24) is 0 Å². The van der Waals surface area contributed by atoms with Crippen molar-refractivity contribution in [1.29, 1.82) is 0 Å². The summed E-state index contributed by atoms with van der Waals surface area (Å²) in [5.74, 6) is 0. The molecule has 128 valence electrons. The van der Waals surface area contributed by atoms with Gasteiger partial charge in [-0.05, 0) is 6.42 Å². The summed E-state index contributed by atoms with van der Waals surface area (Å²) < 4.78 is 37.1. The van der Waals surface area contributed by atoms with Gasteiger partial charge in [-0.15, -0.1) is 0 Å². The fraction of sp³-hybridized carbons (Fsp3) is 1.00. The highest BCUT2D eigenvalue weighted by Gasteiger charge is 2.43. The van der Waals surface area contributed by atoms with E-state index in [1.54, 1.807) is 0 Å². The molecule has 0 bridgehead atoms. The third-order valence-electron chi connectivity index (χ3n) is 3.63. The predicted octanol–water partition coefficient (Wildman–Crippen LogP) is -1.97. The molecule has 2 rings (SSSR count). The van der Waals surface area contributed by atoms with E-state index in [2.05, 4.69) is 0 Å². The highest BCUT2D eigenvalue weighted by atomic mass is 31.2. The zero-order chi connectivity index (χ0) is 17.2. The van der Waals surface area contributed by atoms with E-state index in [0.717, 1.165) is 0 Å². The molecule has 0 spiro atoms.